The quantitative estimate of drug-likeness (QED) is 0.595. The van der Waals surface area contributed by atoms with Gasteiger partial charge in [-0.2, -0.15) is 13.2 Å². The summed E-state index contributed by atoms with van der Waals surface area (Å²) >= 11 is 0. The highest BCUT2D eigenvalue weighted by atomic mass is 19.4. The molecule has 0 aliphatic heterocycles. The van der Waals surface area contributed by atoms with Gasteiger partial charge in [-0.3, -0.25) is 0 Å². The van der Waals surface area contributed by atoms with Crippen molar-refractivity contribution in [2.75, 3.05) is 0 Å². The largest absolute Gasteiger partial charge is 0.394 e. The van der Waals surface area contributed by atoms with E-state index in [4.69, 9.17) is 0 Å². The summed E-state index contributed by atoms with van der Waals surface area (Å²) in [6.45, 7) is 0. The lowest BCUT2D eigenvalue weighted by atomic mass is 10.00. The Morgan fingerprint density at radius 1 is 1.25 bits per heavy atom. The zero-order valence-corrected chi connectivity index (χ0v) is 6.17. The lowest BCUT2D eigenvalue weighted by Crippen LogP contribution is -2.25. The number of hydrogen-bond donors (Lipinski definition) is 0. The van der Waals surface area contributed by atoms with Gasteiger partial charge in [-0.05, 0) is 19.3 Å². The highest BCUT2D eigenvalue weighted by Gasteiger charge is 2.62. The van der Waals surface area contributed by atoms with Crippen LogP contribution in [0, 0.1) is 11.8 Å². The second-order valence-corrected chi connectivity index (χ2v) is 3.05. The van der Waals surface area contributed by atoms with Crippen molar-refractivity contribution in [2.45, 2.75) is 31.9 Å². The smallest absolute Gasteiger partial charge is 0.210 e. The van der Waals surface area contributed by atoms with E-state index in [-0.39, 0.29) is 12.8 Å². The molecule has 0 bridgehead atoms. The fourth-order valence-corrected chi connectivity index (χ4v) is 1.07. The summed E-state index contributed by atoms with van der Waals surface area (Å²) in [5, 5.41) is 0. The molecule has 1 fully saturated rings. The first-order valence-electron chi connectivity index (χ1n) is 3.56. The lowest BCUT2D eigenvalue weighted by Gasteiger charge is -2.18. The molecule has 71 valence electrons. The van der Waals surface area contributed by atoms with Crippen molar-refractivity contribution in [3.05, 3.63) is 6.42 Å². The van der Waals surface area contributed by atoms with Gasteiger partial charge in [0.2, 0.25) is 6.43 Å². The number of rotatable bonds is 3. The number of alkyl halides is 5. The van der Waals surface area contributed by atoms with Crippen molar-refractivity contribution < 1.29 is 22.0 Å². The Morgan fingerprint density at radius 3 is 2.00 bits per heavy atom. The maximum Gasteiger partial charge on any atom is 0.394 e. The molecule has 1 radical (unpaired) electrons. The van der Waals surface area contributed by atoms with Gasteiger partial charge in [-0.15, -0.1) is 0 Å². The van der Waals surface area contributed by atoms with Crippen LogP contribution in [0.3, 0.4) is 0 Å². The van der Waals surface area contributed by atoms with Gasteiger partial charge in [0.15, 0.2) is 0 Å². The fraction of sp³-hybridized carbons (Fsp3) is 0.857. The summed E-state index contributed by atoms with van der Waals surface area (Å²) in [6.07, 6.45) is -7.21. The minimum atomic E-state index is -4.32. The molecule has 0 atom stereocenters. The van der Waals surface area contributed by atoms with Gasteiger partial charge >= 0.3 is 6.18 Å². The van der Waals surface area contributed by atoms with E-state index in [0.717, 1.165) is 0 Å². The third-order valence-corrected chi connectivity index (χ3v) is 2.14. The predicted molar refractivity (Wildman–Crippen MR) is 32.6 cm³/mol. The maximum atomic E-state index is 12.1. The van der Waals surface area contributed by atoms with Crippen LogP contribution >= 0.6 is 0 Å². The lowest BCUT2D eigenvalue weighted by molar-refractivity contribution is -0.187. The molecule has 1 saturated carbocycles. The minimum absolute atomic E-state index is 0.0142. The van der Waals surface area contributed by atoms with Crippen LogP contribution in [-0.4, -0.2) is 12.6 Å². The molecule has 0 saturated heterocycles. The minimum Gasteiger partial charge on any atom is -0.210 e. The van der Waals surface area contributed by atoms with E-state index in [2.05, 4.69) is 0 Å². The Morgan fingerprint density at radius 2 is 1.75 bits per heavy atom. The second-order valence-electron chi connectivity index (χ2n) is 3.05. The maximum absolute atomic E-state index is 12.1. The molecule has 1 aliphatic rings. The van der Waals surface area contributed by atoms with Crippen LogP contribution in [-0.2, 0) is 0 Å². The van der Waals surface area contributed by atoms with Gasteiger partial charge in [0.05, 0.1) is 5.41 Å². The standard InChI is InChI=1S/C7H8F5/c8-5(9)1-2-6(3-4-6)7(10,11)12/h1,5H,2-4H2. The second kappa shape index (κ2) is 2.85. The zero-order valence-electron chi connectivity index (χ0n) is 6.17. The molecule has 0 nitrogen and oxygen atoms in total. The Labute approximate surface area is 66.8 Å². The monoisotopic (exact) mass is 187 g/mol. The van der Waals surface area contributed by atoms with Gasteiger partial charge in [0, 0.05) is 6.42 Å². The van der Waals surface area contributed by atoms with Crippen molar-refractivity contribution in [3.63, 3.8) is 0 Å². The van der Waals surface area contributed by atoms with E-state index in [1.54, 1.807) is 0 Å². The summed E-state index contributed by atoms with van der Waals surface area (Å²) in [6, 6.07) is 0. The van der Waals surface area contributed by atoms with Gasteiger partial charge < -0.3 is 0 Å². The van der Waals surface area contributed by atoms with Crippen molar-refractivity contribution in [2.24, 2.45) is 5.41 Å². The number of hydrogen-bond acceptors (Lipinski definition) is 0. The van der Waals surface area contributed by atoms with Crippen LogP contribution in [0.2, 0.25) is 0 Å². The normalized spacial score (nSPS) is 21.5. The van der Waals surface area contributed by atoms with Gasteiger partial charge in [0.25, 0.3) is 0 Å². The SMILES string of the molecule is FC(F)[CH]CC1(C(F)(F)F)CC1. The fourth-order valence-electron chi connectivity index (χ4n) is 1.07. The Balaban J connectivity index is 2.40. The van der Waals surface area contributed by atoms with Crippen molar-refractivity contribution in [3.8, 4) is 0 Å². The highest BCUT2D eigenvalue weighted by Crippen LogP contribution is 2.60. The molecular weight excluding hydrogens is 179 g/mol. The van der Waals surface area contributed by atoms with Crippen LogP contribution in [0.4, 0.5) is 22.0 Å². The third-order valence-electron chi connectivity index (χ3n) is 2.14. The zero-order chi connectivity index (χ0) is 9.41. The van der Waals surface area contributed by atoms with Gasteiger partial charge in [-0.25, -0.2) is 8.78 Å². The van der Waals surface area contributed by atoms with Crippen LogP contribution < -0.4 is 0 Å². The summed E-state index contributed by atoms with van der Waals surface area (Å²) in [5.41, 5.74) is -1.82. The third kappa shape index (κ3) is 1.87. The summed E-state index contributed by atoms with van der Waals surface area (Å²) < 4.78 is 59.4. The van der Waals surface area contributed by atoms with Crippen LogP contribution in [0.1, 0.15) is 19.3 Å². The molecule has 0 amide bonds. The van der Waals surface area contributed by atoms with Crippen LogP contribution in [0.25, 0.3) is 0 Å². The molecule has 0 aromatic rings. The van der Waals surface area contributed by atoms with Gasteiger partial charge in [-0.1, -0.05) is 0 Å². The molecule has 0 N–H and O–H groups in total. The molecule has 0 aromatic heterocycles. The first-order valence-corrected chi connectivity index (χ1v) is 3.56. The van der Waals surface area contributed by atoms with Crippen LogP contribution in [0.5, 0.6) is 0 Å². The van der Waals surface area contributed by atoms with E-state index in [9.17, 15) is 22.0 Å². The van der Waals surface area contributed by atoms with E-state index in [1.165, 1.54) is 0 Å². The van der Waals surface area contributed by atoms with Gasteiger partial charge in [0.1, 0.15) is 0 Å². The Bertz CT molecular complexity index is 156. The molecule has 1 rings (SSSR count). The highest BCUT2D eigenvalue weighted by molar-refractivity contribution is 5.02. The Kier molecular flexibility index (Phi) is 2.31. The molecule has 0 aromatic carbocycles. The number of halogens is 5. The van der Waals surface area contributed by atoms with E-state index < -0.39 is 24.4 Å². The Hall–Kier alpha value is -0.350. The first-order chi connectivity index (χ1) is 5.37. The molecule has 0 spiro atoms. The summed E-state index contributed by atoms with van der Waals surface area (Å²) in [7, 11) is 0. The van der Waals surface area contributed by atoms with Crippen molar-refractivity contribution >= 4 is 0 Å². The average Bonchev–Trinajstić information content (AvgIpc) is 2.60. The molecule has 12 heavy (non-hydrogen) atoms. The van der Waals surface area contributed by atoms with E-state index in [0.29, 0.717) is 6.42 Å². The molecule has 5 heteroatoms. The summed E-state index contributed by atoms with van der Waals surface area (Å²) in [4.78, 5) is 0. The molecular formula is C7H8F5. The molecule has 1 aliphatic carbocycles. The van der Waals surface area contributed by atoms with E-state index >= 15 is 0 Å². The van der Waals surface area contributed by atoms with Crippen molar-refractivity contribution in [1.29, 1.82) is 0 Å². The summed E-state index contributed by atoms with van der Waals surface area (Å²) in [5.74, 6) is 0. The molecule has 0 unspecified atom stereocenters. The first kappa shape index (κ1) is 9.74. The van der Waals surface area contributed by atoms with Crippen molar-refractivity contribution in [1.82, 2.24) is 0 Å². The van der Waals surface area contributed by atoms with Crippen LogP contribution in [0.15, 0.2) is 0 Å². The molecule has 0 heterocycles. The average molecular weight is 187 g/mol. The van der Waals surface area contributed by atoms with E-state index in [1.807, 2.05) is 0 Å². The predicted octanol–water partition coefficient (Wildman–Crippen LogP) is 3.19. The topological polar surface area (TPSA) is 0 Å².